The van der Waals surface area contributed by atoms with Gasteiger partial charge in [-0.05, 0) is 56.8 Å². The molecule has 6 bridgehead atoms. The third-order valence-electron chi connectivity index (χ3n) is 12.7. The minimum absolute atomic E-state index is 0.122. The van der Waals surface area contributed by atoms with Gasteiger partial charge in [0, 0.05) is 38.5 Å². The van der Waals surface area contributed by atoms with Crippen LogP contribution in [-0.2, 0) is 42.6 Å². The molecule has 3 atom stereocenters. The van der Waals surface area contributed by atoms with E-state index < -0.39 is 41.6 Å². The lowest BCUT2D eigenvalue weighted by molar-refractivity contribution is -0.492. The molecule has 0 saturated carbocycles. The molecule has 0 radical (unpaired) electrons. The first-order valence-corrected chi connectivity index (χ1v) is 21.7. The van der Waals surface area contributed by atoms with E-state index in [-0.39, 0.29) is 16.2 Å². The molecule has 3 unspecified atom stereocenters. The maximum atomic E-state index is 9.45. The Labute approximate surface area is 354 Å². The fourth-order valence-corrected chi connectivity index (χ4v) is 8.50. The maximum absolute atomic E-state index is 9.45. The van der Waals surface area contributed by atoms with E-state index in [0.717, 1.165) is 89.9 Å². The van der Waals surface area contributed by atoms with E-state index in [4.69, 9.17) is 61.9 Å². The molecule has 9 aliphatic rings. The first kappa shape index (κ1) is 48.5. The van der Waals surface area contributed by atoms with Crippen molar-refractivity contribution in [3.8, 4) is 55.2 Å². The van der Waals surface area contributed by atoms with Gasteiger partial charge in [0.25, 0.3) is 17.9 Å². The van der Waals surface area contributed by atoms with Crippen LogP contribution in [0.25, 0.3) is 0 Å². The monoisotopic (exact) mass is 817 g/mol. The highest BCUT2D eigenvalue weighted by atomic mass is 16.9. The van der Waals surface area contributed by atoms with Crippen molar-refractivity contribution < 1.29 is 42.6 Å². The Hall–Kier alpha value is -3.21. The summed E-state index contributed by atoms with van der Waals surface area (Å²) in [4.78, 5) is 0. The van der Waals surface area contributed by atoms with Crippen molar-refractivity contribution in [2.45, 2.75) is 180 Å². The number of nitriles is 3. The Morgan fingerprint density at radius 3 is 1.15 bits per heavy atom. The van der Waals surface area contributed by atoms with Crippen LogP contribution in [0.15, 0.2) is 0 Å². The molecule has 9 fully saturated rings. The number of terminal acetylenes is 3. The van der Waals surface area contributed by atoms with Crippen LogP contribution in [0, 0.1) is 92.7 Å². The Kier molecular flexibility index (Phi) is 17.7. The molecular formula is C47H67N3O9. The van der Waals surface area contributed by atoms with Gasteiger partial charge >= 0.3 is 0 Å². The van der Waals surface area contributed by atoms with E-state index in [2.05, 4.69) is 70.6 Å². The zero-order valence-electron chi connectivity index (χ0n) is 36.2. The van der Waals surface area contributed by atoms with Crippen molar-refractivity contribution in [3.05, 3.63) is 0 Å². The summed E-state index contributed by atoms with van der Waals surface area (Å²) in [6, 6.07) is 6.86. The molecule has 59 heavy (non-hydrogen) atoms. The van der Waals surface area contributed by atoms with Gasteiger partial charge in [-0.1, -0.05) is 53.9 Å². The lowest BCUT2D eigenvalue weighted by Crippen LogP contribution is -2.68. The predicted molar refractivity (Wildman–Crippen MR) is 218 cm³/mol. The number of hydrogen-bond donors (Lipinski definition) is 0. The van der Waals surface area contributed by atoms with Crippen LogP contribution in [-0.4, -0.2) is 75.9 Å². The Morgan fingerprint density at radius 1 is 0.475 bits per heavy atom. The molecule has 0 aliphatic carbocycles. The van der Waals surface area contributed by atoms with Crippen LogP contribution in [0.4, 0.5) is 0 Å². The minimum atomic E-state index is -1.04. The fraction of sp³-hybridized carbons (Fsp3) is 0.809. The third kappa shape index (κ3) is 11.2. The summed E-state index contributed by atoms with van der Waals surface area (Å²) in [5.74, 6) is 4.79. The molecule has 9 heterocycles. The molecule has 0 aromatic heterocycles. The summed E-state index contributed by atoms with van der Waals surface area (Å²) in [5.41, 5.74) is -1.10. The van der Waals surface area contributed by atoms with Gasteiger partial charge in [-0.15, -0.1) is 37.0 Å². The second-order valence-electron chi connectivity index (χ2n) is 17.9. The second kappa shape index (κ2) is 21.5. The molecule has 9 saturated heterocycles. The highest BCUT2D eigenvalue weighted by molar-refractivity contribution is 5.10. The average molecular weight is 818 g/mol. The van der Waals surface area contributed by atoms with Gasteiger partial charge in [0.05, 0.1) is 74.1 Å². The van der Waals surface area contributed by atoms with E-state index in [0.29, 0.717) is 58.9 Å². The number of fused-ring (bicyclic) bond motifs is 9. The Morgan fingerprint density at radius 2 is 0.831 bits per heavy atom. The molecule has 0 aromatic rings. The minimum Gasteiger partial charge on any atom is -0.327 e. The molecule has 0 N–H and O–H groups in total. The Balaban J connectivity index is 0.000000196. The van der Waals surface area contributed by atoms with Crippen molar-refractivity contribution in [1.82, 2.24) is 0 Å². The standard InChI is InChI=1S/2C16H23NO3.C15H21NO3/c1-5-6-7-8-9-16-18-11-15(12-19-16,14(2,3)4)13(10-17)20-16;1-3-5-7-8-10-16-18-12-15(13-19-16,9-6-4-2)14(11-17)20-16;1-3-5-6-7-9-15-17-11-14(8-4-2,12-18-15)13(10-16)19-15/h1,13H,6-9,11-12H2,2-4H3;1,14H,4-10,12-13H2,2H3;1,13H,4-9,11-12H2,2H3. The number of nitrogens with zero attached hydrogens (tertiary/aromatic N) is 3. The topological polar surface area (TPSA) is 154 Å². The summed E-state index contributed by atoms with van der Waals surface area (Å²) in [6.45, 7) is 13.7. The SMILES string of the molecule is C#CCCCCC12OCC(C(C)(C)C)(CO1)C(C#N)O2.C#CCCCCC12OCC(CCC)(CO1)C(C#N)O2.C#CCCCCC12OCC(CCCC)(CO1)C(C#N)O2. The summed E-state index contributed by atoms with van der Waals surface area (Å²) in [7, 11) is 0. The molecule has 12 nitrogen and oxygen atoms in total. The van der Waals surface area contributed by atoms with E-state index in [1.165, 1.54) is 0 Å². The van der Waals surface area contributed by atoms with Crippen molar-refractivity contribution in [3.63, 3.8) is 0 Å². The molecule has 0 amide bonds. The number of unbranched alkanes of at least 4 members (excludes halogenated alkanes) is 7. The second-order valence-corrected chi connectivity index (χ2v) is 17.9. The summed E-state index contributed by atoms with van der Waals surface area (Å²) in [5, 5.41) is 28.2. The molecule has 324 valence electrons. The fourth-order valence-electron chi connectivity index (χ4n) is 8.50. The highest BCUT2D eigenvalue weighted by Gasteiger charge is 2.63. The largest absolute Gasteiger partial charge is 0.327 e. The van der Waals surface area contributed by atoms with Crippen molar-refractivity contribution >= 4 is 0 Å². The van der Waals surface area contributed by atoms with Crippen molar-refractivity contribution in [2.24, 2.45) is 21.7 Å². The van der Waals surface area contributed by atoms with E-state index in [1.54, 1.807) is 0 Å². The zero-order valence-corrected chi connectivity index (χ0v) is 36.2. The lowest BCUT2D eigenvalue weighted by Gasteiger charge is -2.59. The van der Waals surface area contributed by atoms with Crippen LogP contribution in [0.1, 0.15) is 144 Å². The molecule has 0 aromatic carbocycles. The zero-order chi connectivity index (χ0) is 43.1. The van der Waals surface area contributed by atoms with Gasteiger partial charge in [0.15, 0.2) is 18.3 Å². The van der Waals surface area contributed by atoms with Crippen LogP contribution >= 0.6 is 0 Å². The summed E-state index contributed by atoms with van der Waals surface area (Å²) < 4.78 is 52.5. The van der Waals surface area contributed by atoms with Gasteiger partial charge in [-0.3, -0.25) is 0 Å². The normalized spacial score (nSPS) is 36.2. The first-order valence-electron chi connectivity index (χ1n) is 21.7. The van der Waals surface area contributed by atoms with E-state index >= 15 is 0 Å². The summed E-state index contributed by atoms with van der Waals surface area (Å²) >= 11 is 0. The van der Waals surface area contributed by atoms with Crippen molar-refractivity contribution in [1.29, 1.82) is 15.8 Å². The number of hydrogen-bond acceptors (Lipinski definition) is 12. The van der Waals surface area contributed by atoms with E-state index in [1.807, 2.05) is 0 Å². The van der Waals surface area contributed by atoms with Crippen molar-refractivity contribution in [2.75, 3.05) is 39.6 Å². The van der Waals surface area contributed by atoms with Crippen LogP contribution in [0.5, 0.6) is 0 Å². The van der Waals surface area contributed by atoms with Crippen LogP contribution in [0.3, 0.4) is 0 Å². The smallest absolute Gasteiger partial charge is 0.284 e. The predicted octanol–water partition coefficient (Wildman–Crippen LogP) is 8.40. The molecule has 0 spiro atoms. The molecular weight excluding hydrogens is 751 g/mol. The molecule has 12 heteroatoms. The number of rotatable bonds is 17. The van der Waals surface area contributed by atoms with Gasteiger partial charge < -0.3 is 42.6 Å². The average Bonchev–Trinajstić information content (AvgIpc) is 3.26. The van der Waals surface area contributed by atoms with Gasteiger partial charge in [-0.2, -0.15) is 15.8 Å². The Bertz CT molecular complexity index is 1590. The lowest BCUT2D eigenvalue weighted by atomic mass is 9.63. The number of ether oxygens (including phenoxy) is 9. The quantitative estimate of drug-likeness (QED) is 0.102. The van der Waals surface area contributed by atoms with Gasteiger partial charge in [-0.25, -0.2) is 0 Å². The van der Waals surface area contributed by atoms with Gasteiger partial charge in [0.1, 0.15) is 0 Å². The molecule has 9 aliphatic heterocycles. The van der Waals surface area contributed by atoms with Crippen LogP contribution < -0.4 is 0 Å². The summed E-state index contributed by atoms with van der Waals surface area (Å²) in [6.07, 6.45) is 28.8. The van der Waals surface area contributed by atoms with Crippen LogP contribution in [0.2, 0.25) is 0 Å². The maximum Gasteiger partial charge on any atom is 0.284 e. The highest BCUT2D eigenvalue weighted by Crippen LogP contribution is 2.54. The third-order valence-corrected chi connectivity index (χ3v) is 12.7. The first-order chi connectivity index (χ1) is 28.3. The van der Waals surface area contributed by atoms with Gasteiger partial charge in [0.2, 0.25) is 0 Å². The van der Waals surface area contributed by atoms with E-state index in [9.17, 15) is 15.8 Å². The molecule has 9 rings (SSSR count).